The lowest BCUT2D eigenvalue weighted by Gasteiger charge is -2.11. The number of hydrogen-bond donors (Lipinski definition) is 3. The number of aryl methyl sites for hydroxylation is 2. The van der Waals surface area contributed by atoms with Gasteiger partial charge in [0.05, 0.1) is 0 Å². The van der Waals surface area contributed by atoms with Crippen LogP contribution in [0.15, 0.2) is 12.3 Å². The molecule has 80 valence electrons. The van der Waals surface area contributed by atoms with E-state index in [1.165, 1.54) is 11.3 Å². The first-order chi connectivity index (χ1) is 6.84. The molecule has 1 saturated heterocycles. The van der Waals surface area contributed by atoms with Crippen LogP contribution in [0.3, 0.4) is 0 Å². The maximum atomic E-state index is 3.22. The van der Waals surface area contributed by atoms with Crippen LogP contribution in [0.5, 0.6) is 0 Å². The van der Waals surface area contributed by atoms with E-state index in [0.29, 0.717) is 0 Å². The highest BCUT2D eigenvalue weighted by Crippen LogP contribution is 2.03. The summed E-state index contributed by atoms with van der Waals surface area (Å²) in [6.07, 6.45) is 3.11. The van der Waals surface area contributed by atoms with Gasteiger partial charge in [-0.15, -0.1) is 0 Å². The van der Waals surface area contributed by atoms with E-state index < -0.39 is 0 Å². The molecule has 2 rings (SSSR count). The highest BCUT2D eigenvalue weighted by molar-refractivity contribution is 5.18. The number of nitrogens with one attached hydrogen (secondary N) is 3. The minimum absolute atomic E-state index is 1.13. The maximum Gasteiger partial charge on any atom is 0.0147 e. The molecular formula is C11H21N3. The molecule has 0 radical (unpaired) electrons. The Balaban J connectivity index is 0.000000146. The largest absolute Gasteiger partial charge is 0.365 e. The van der Waals surface area contributed by atoms with Crippen molar-refractivity contribution in [1.29, 1.82) is 0 Å². The zero-order chi connectivity index (χ0) is 10.2. The van der Waals surface area contributed by atoms with Crippen molar-refractivity contribution in [3.05, 3.63) is 23.5 Å². The highest BCUT2D eigenvalue weighted by Gasteiger charge is 1.92. The second-order valence-corrected chi connectivity index (χ2v) is 3.48. The number of aromatic amines is 1. The van der Waals surface area contributed by atoms with Gasteiger partial charge in [0.1, 0.15) is 0 Å². The Kier molecular flexibility index (Phi) is 5.33. The van der Waals surface area contributed by atoms with Gasteiger partial charge in [-0.3, -0.25) is 0 Å². The van der Waals surface area contributed by atoms with E-state index in [9.17, 15) is 0 Å². The Morgan fingerprint density at radius 2 is 1.71 bits per heavy atom. The lowest BCUT2D eigenvalue weighted by Crippen LogP contribution is -2.39. The zero-order valence-corrected chi connectivity index (χ0v) is 9.19. The minimum atomic E-state index is 1.13. The molecule has 1 aliphatic heterocycles. The fraction of sp³-hybridized carbons (Fsp3) is 0.636. The first-order valence-corrected chi connectivity index (χ1v) is 5.39. The molecule has 0 aliphatic carbocycles. The van der Waals surface area contributed by atoms with Gasteiger partial charge in [-0.2, -0.15) is 0 Å². The van der Waals surface area contributed by atoms with E-state index in [1.807, 2.05) is 6.20 Å². The van der Waals surface area contributed by atoms with Crippen molar-refractivity contribution in [3.63, 3.8) is 0 Å². The van der Waals surface area contributed by atoms with Crippen LogP contribution in [0.1, 0.15) is 18.2 Å². The molecule has 0 unspecified atom stereocenters. The molecular weight excluding hydrogens is 174 g/mol. The second-order valence-electron chi connectivity index (χ2n) is 3.48. The third kappa shape index (κ3) is 3.94. The molecule has 0 atom stereocenters. The van der Waals surface area contributed by atoms with Gasteiger partial charge in [0.2, 0.25) is 0 Å². The van der Waals surface area contributed by atoms with Crippen molar-refractivity contribution in [2.24, 2.45) is 0 Å². The van der Waals surface area contributed by atoms with Crippen molar-refractivity contribution in [2.45, 2.75) is 20.3 Å². The molecule has 0 amide bonds. The molecule has 1 aromatic heterocycles. The van der Waals surface area contributed by atoms with Gasteiger partial charge >= 0.3 is 0 Å². The van der Waals surface area contributed by atoms with E-state index in [-0.39, 0.29) is 0 Å². The van der Waals surface area contributed by atoms with Crippen LogP contribution in [-0.2, 0) is 6.42 Å². The van der Waals surface area contributed by atoms with Crippen LogP contribution in [-0.4, -0.2) is 31.2 Å². The predicted octanol–water partition coefficient (Wildman–Crippen LogP) is 1.06. The van der Waals surface area contributed by atoms with Gasteiger partial charge in [-0.25, -0.2) is 0 Å². The van der Waals surface area contributed by atoms with Gasteiger partial charge in [-0.05, 0) is 25.0 Å². The molecule has 0 saturated carbocycles. The number of rotatable bonds is 1. The van der Waals surface area contributed by atoms with Crippen LogP contribution in [0, 0.1) is 6.92 Å². The molecule has 0 bridgehead atoms. The van der Waals surface area contributed by atoms with Gasteiger partial charge in [0.25, 0.3) is 0 Å². The molecule has 1 fully saturated rings. The van der Waals surface area contributed by atoms with Crippen molar-refractivity contribution < 1.29 is 0 Å². The molecule has 1 aromatic rings. The molecule has 2 heterocycles. The van der Waals surface area contributed by atoms with E-state index in [1.54, 1.807) is 0 Å². The second kappa shape index (κ2) is 6.62. The van der Waals surface area contributed by atoms with Crippen molar-refractivity contribution in [1.82, 2.24) is 15.6 Å². The van der Waals surface area contributed by atoms with Gasteiger partial charge in [-0.1, -0.05) is 6.92 Å². The van der Waals surface area contributed by atoms with Crippen LogP contribution >= 0.6 is 0 Å². The number of aromatic nitrogens is 1. The summed E-state index contributed by atoms with van der Waals surface area (Å²) in [6.45, 7) is 8.81. The third-order valence-corrected chi connectivity index (χ3v) is 2.40. The molecule has 1 aliphatic rings. The average molecular weight is 195 g/mol. The Morgan fingerprint density at radius 3 is 1.93 bits per heavy atom. The Labute approximate surface area is 86.3 Å². The fourth-order valence-corrected chi connectivity index (χ4v) is 1.47. The monoisotopic (exact) mass is 195 g/mol. The first kappa shape index (κ1) is 11.3. The summed E-state index contributed by atoms with van der Waals surface area (Å²) in [6, 6.07) is 2.12. The van der Waals surface area contributed by atoms with Crippen molar-refractivity contribution in [3.8, 4) is 0 Å². The van der Waals surface area contributed by atoms with Crippen LogP contribution in [0.4, 0.5) is 0 Å². The van der Waals surface area contributed by atoms with Crippen molar-refractivity contribution >= 4 is 0 Å². The standard InChI is InChI=1S/C7H11N.C4H10N2/c1-3-7-4-5-8-6(7)2;1-2-6-4-3-5-1/h4-5,8H,3H2,1-2H3;5-6H,1-4H2. The van der Waals surface area contributed by atoms with E-state index in [0.717, 1.165) is 32.6 Å². The molecule has 3 N–H and O–H groups in total. The van der Waals surface area contributed by atoms with E-state index >= 15 is 0 Å². The van der Waals surface area contributed by atoms with Gasteiger partial charge in [0, 0.05) is 38.1 Å². The molecule has 0 aromatic carbocycles. The Bertz CT molecular complexity index is 227. The summed E-state index contributed by atoms with van der Waals surface area (Å²) >= 11 is 0. The quantitative estimate of drug-likeness (QED) is 0.627. The molecule has 0 spiro atoms. The number of piperazine rings is 1. The number of H-pyrrole nitrogens is 1. The predicted molar refractivity (Wildman–Crippen MR) is 60.6 cm³/mol. The smallest absolute Gasteiger partial charge is 0.0147 e. The van der Waals surface area contributed by atoms with Gasteiger partial charge < -0.3 is 15.6 Å². The Hall–Kier alpha value is -0.800. The zero-order valence-electron chi connectivity index (χ0n) is 9.19. The number of hydrogen-bond acceptors (Lipinski definition) is 2. The lowest BCUT2D eigenvalue weighted by molar-refractivity contribution is 0.534. The summed E-state index contributed by atoms with van der Waals surface area (Å²) in [5, 5.41) is 6.44. The van der Waals surface area contributed by atoms with Crippen LogP contribution in [0.25, 0.3) is 0 Å². The molecule has 3 nitrogen and oxygen atoms in total. The summed E-state index contributed by atoms with van der Waals surface area (Å²) < 4.78 is 0. The summed E-state index contributed by atoms with van der Waals surface area (Å²) in [5.74, 6) is 0. The maximum absolute atomic E-state index is 3.22. The van der Waals surface area contributed by atoms with E-state index in [2.05, 4.69) is 35.5 Å². The first-order valence-electron chi connectivity index (χ1n) is 5.39. The lowest BCUT2D eigenvalue weighted by atomic mass is 10.2. The van der Waals surface area contributed by atoms with Crippen LogP contribution < -0.4 is 10.6 Å². The van der Waals surface area contributed by atoms with Crippen molar-refractivity contribution in [2.75, 3.05) is 26.2 Å². The summed E-state index contributed by atoms with van der Waals surface area (Å²) in [7, 11) is 0. The summed E-state index contributed by atoms with van der Waals surface area (Å²) in [5.41, 5.74) is 2.72. The molecule has 14 heavy (non-hydrogen) atoms. The normalized spacial score (nSPS) is 15.9. The Morgan fingerprint density at radius 1 is 1.14 bits per heavy atom. The fourth-order valence-electron chi connectivity index (χ4n) is 1.47. The molecule has 3 heteroatoms. The van der Waals surface area contributed by atoms with Crippen LogP contribution in [0.2, 0.25) is 0 Å². The average Bonchev–Trinajstić information content (AvgIpc) is 2.67. The SMILES string of the molecule is C1CNCCN1.CCc1cc[nH]c1C. The van der Waals surface area contributed by atoms with Gasteiger partial charge in [0.15, 0.2) is 0 Å². The minimum Gasteiger partial charge on any atom is -0.365 e. The highest BCUT2D eigenvalue weighted by atomic mass is 15.0. The summed E-state index contributed by atoms with van der Waals surface area (Å²) in [4.78, 5) is 3.12. The van der Waals surface area contributed by atoms with E-state index in [4.69, 9.17) is 0 Å². The third-order valence-electron chi connectivity index (χ3n) is 2.40. The topological polar surface area (TPSA) is 39.8 Å².